The number of hydrogen-bond donors (Lipinski definition) is 1. The lowest BCUT2D eigenvalue weighted by Crippen LogP contribution is -2.26. The monoisotopic (exact) mass is 357 g/mol. The molecule has 0 amide bonds. The topological polar surface area (TPSA) is 32.7 Å². The molecule has 152 valence electrons. The van der Waals surface area contributed by atoms with E-state index < -0.39 is 0 Å². The third kappa shape index (κ3) is 20.0. The fourth-order valence-corrected chi connectivity index (χ4v) is 3.21. The maximum atomic E-state index is 8.83. The fourth-order valence-electron chi connectivity index (χ4n) is 3.21. The Hall–Kier alpha value is -0.120. The van der Waals surface area contributed by atoms with Crippen LogP contribution >= 0.6 is 0 Å². The number of rotatable bonds is 21. The maximum Gasteiger partial charge on any atom is 0.0466 e. The van der Waals surface area contributed by atoms with Crippen LogP contribution in [0.5, 0.6) is 0 Å². The van der Waals surface area contributed by atoms with Crippen LogP contribution in [0.2, 0.25) is 0 Å². The molecule has 0 aromatic rings. The summed E-state index contributed by atoms with van der Waals surface area (Å²) in [5, 5.41) is 8.83. The molecule has 0 aliphatic heterocycles. The van der Waals surface area contributed by atoms with Crippen molar-refractivity contribution in [3.8, 4) is 0 Å². The summed E-state index contributed by atoms with van der Waals surface area (Å²) in [4.78, 5) is 2.48. The number of aliphatic hydroxyl groups is 1. The molecule has 0 aromatic carbocycles. The normalized spacial score (nSPS) is 11.5. The van der Waals surface area contributed by atoms with E-state index in [4.69, 9.17) is 9.84 Å². The Balaban J connectivity index is 3.15. The number of nitrogens with zero attached hydrogens (tertiary/aromatic N) is 1. The Morgan fingerprint density at radius 3 is 1.60 bits per heavy atom. The van der Waals surface area contributed by atoms with Gasteiger partial charge in [0, 0.05) is 19.8 Å². The van der Waals surface area contributed by atoms with Gasteiger partial charge in [0.1, 0.15) is 0 Å². The maximum absolute atomic E-state index is 8.83. The quantitative estimate of drug-likeness (QED) is 0.264. The Morgan fingerprint density at radius 2 is 1.08 bits per heavy atom. The smallest absolute Gasteiger partial charge is 0.0466 e. The van der Waals surface area contributed by atoms with Crippen LogP contribution in [0.15, 0.2) is 0 Å². The third-order valence-corrected chi connectivity index (χ3v) is 4.98. The second kappa shape index (κ2) is 21.9. The van der Waals surface area contributed by atoms with Crippen LogP contribution in [0.25, 0.3) is 0 Å². The van der Waals surface area contributed by atoms with E-state index in [-0.39, 0.29) is 0 Å². The standard InChI is InChI=1S/C22H47NO2/c1-3-5-6-7-8-9-10-11-12-16-21-25-22-17-14-19-23(4-2)18-13-15-20-24/h24H,3-22H2,1-2H3. The van der Waals surface area contributed by atoms with Gasteiger partial charge in [-0.05, 0) is 51.7 Å². The highest BCUT2D eigenvalue weighted by Gasteiger charge is 2.01. The van der Waals surface area contributed by atoms with Gasteiger partial charge < -0.3 is 14.7 Å². The number of unbranched alkanes of at least 4 members (excludes halogenated alkanes) is 11. The molecule has 25 heavy (non-hydrogen) atoms. The van der Waals surface area contributed by atoms with Gasteiger partial charge in [-0.2, -0.15) is 0 Å². The van der Waals surface area contributed by atoms with Gasteiger partial charge in [-0.15, -0.1) is 0 Å². The summed E-state index contributed by atoms with van der Waals surface area (Å²) in [5.74, 6) is 0. The van der Waals surface area contributed by atoms with Crippen LogP contribution in [-0.4, -0.2) is 49.5 Å². The van der Waals surface area contributed by atoms with E-state index in [0.717, 1.165) is 39.1 Å². The zero-order valence-corrected chi connectivity index (χ0v) is 17.4. The molecule has 0 aliphatic carbocycles. The summed E-state index contributed by atoms with van der Waals surface area (Å²) in [7, 11) is 0. The Morgan fingerprint density at radius 1 is 0.600 bits per heavy atom. The minimum atomic E-state index is 0.324. The van der Waals surface area contributed by atoms with Gasteiger partial charge in [0.25, 0.3) is 0 Å². The van der Waals surface area contributed by atoms with Crippen molar-refractivity contribution in [1.29, 1.82) is 0 Å². The van der Waals surface area contributed by atoms with Crippen molar-refractivity contribution in [2.75, 3.05) is 39.5 Å². The van der Waals surface area contributed by atoms with E-state index in [0.29, 0.717) is 6.61 Å². The lowest BCUT2D eigenvalue weighted by atomic mass is 10.1. The number of ether oxygens (including phenoxy) is 1. The molecular formula is C22H47NO2. The first kappa shape index (κ1) is 24.9. The van der Waals surface area contributed by atoms with Crippen LogP contribution in [0, 0.1) is 0 Å². The zero-order valence-electron chi connectivity index (χ0n) is 17.4. The lowest BCUT2D eigenvalue weighted by molar-refractivity contribution is 0.123. The number of hydrogen-bond acceptors (Lipinski definition) is 3. The average Bonchev–Trinajstić information content (AvgIpc) is 2.63. The molecule has 0 fully saturated rings. The van der Waals surface area contributed by atoms with Crippen LogP contribution in [0.4, 0.5) is 0 Å². The van der Waals surface area contributed by atoms with E-state index in [1.807, 2.05) is 0 Å². The average molecular weight is 358 g/mol. The molecule has 0 radical (unpaired) electrons. The van der Waals surface area contributed by atoms with Crippen LogP contribution < -0.4 is 0 Å². The second-order valence-corrected chi connectivity index (χ2v) is 7.37. The highest BCUT2D eigenvalue weighted by molar-refractivity contribution is 4.56. The van der Waals surface area contributed by atoms with Crippen molar-refractivity contribution in [1.82, 2.24) is 4.90 Å². The molecule has 0 aromatic heterocycles. The molecule has 0 bridgehead atoms. The fraction of sp³-hybridized carbons (Fsp3) is 1.00. The molecule has 0 unspecified atom stereocenters. The van der Waals surface area contributed by atoms with E-state index >= 15 is 0 Å². The van der Waals surface area contributed by atoms with Crippen molar-refractivity contribution in [3.05, 3.63) is 0 Å². The van der Waals surface area contributed by atoms with Crippen molar-refractivity contribution < 1.29 is 9.84 Å². The summed E-state index contributed by atoms with van der Waals surface area (Å²) < 4.78 is 5.77. The second-order valence-electron chi connectivity index (χ2n) is 7.37. The zero-order chi connectivity index (χ0) is 18.4. The first-order valence-electron chi connectivity index (χ1n) is 11.3. The molecular weight excluding hydrogens is 310 g/mol. The Labute approximate surface area is 158 Å². The summed E-state index contributed by atoms with van der Waals surface area (Å²) >= 11 is 0. The molecule has 0 atom stereocenters. The van der Waals surface area contributed by atoms with Gasteiger partial charge in [-0.1, -0.05) is 71.6 Å². The van der Waals surface area contributed by atoms with Gasteiger partial charge in [-0.25, -0.2) is 0 Å². The minimum Gasteiger partial charge on any atom is -0.396 e. The van der Waals surface area contributed by atoms with Crippen LogP contribution in [0.1, 0.15) is 104 Å². The van der Waals surface area contributed by atoms with E-state index in [9.17, 15) is 0 Å². The van der Waals surface area contributed by atoms with Gasteiger partial charge in [0.05, 0.1) is 0 Å². The SMILES string of the molecule is CCCCCCCCCCCCOCCCCN(CC)CCCCO. The molecule has 0 spiro atoms. The summed E-state index contributed by atoms with van der Waals surface area (Å²) in [6.45, 7) is 10.1. The molecule has 3 nitrogen and oxygen atoms in total. The molecule has 1 N–H and O–H groups in total. The first-order valence-corrected chi connectivity index (χ1v) is 11.3. The minimum absolute atomic E-state index is 0.324. The van der Waals surface area contributed by atoms with Crippen molar-refractivity contribution in [2.45, 2.75) is 104 Å². The molecule has 3 heteroatoms. The van der Waals surface area contributed by atoms with E-state index in [2.05, 4.69) is 18.7 Å². The van der Waals surface area contributed by atoms with Gasteiger partial charge >= 0.3 is 0 Å². The Kier molecular flexibility index (Phi) is 21.8. The highest BCUT2D eigenvalue weighted by atomic mass is 16.5. The van der Waals surface area contributed by atoms with Crippen LogP contribution in [0.3, 0.4) is 0 Å². The van der Waals surface area contributed by atoms with Crippen molar-refractivity contribution in [3.63, 3.8) is 0 Å². The first-order chi connectivity index (χ1) is 12.3. The highest BCUT2D eigenvalue weighted by Crippen LogP contribution is 2.10. The van der Waals surface area contributed by atoms with Crippen molar-refractivity contribution in [2.24, 2.45) is 0 Å². The van der Waals surface area contributed by atoms with Crippen LogP contribution in [-0.2, 0) is 4.74 Å². The Bertz CT molecular complexity index is 236. The predicted octanol–water partition coefficient (Wildman–Crippen LogP) is 5.80. The molecule has 0 heterocycles. The molecule has 0 aliphatic rings. The molecule has 0 saturated heterocycles. The van der Waals surface area contributed by atoms with Gasteiger partial charge in [-0.3, -0.25) is 0 Å². The van der Waals surface area contributed by atoms with E-state index in [1.165, 1.54) is 83.6 Å². The largest absolute Gasteiger partial charge is 0.396 e. The van der Waals surface area contributed by atoms with Gasteiger partial charge in [0.2, 0.25) is 0 Å². The van der Waals surface area contributed by atoms with E-state index in [1.54, 1.807) is 0 Å². The summed E-state index contributed by atoms with van der Waals surface area (Å²) in [6.07, 6.45) is 18.3. The summed E-state index contributed by atoms with van der Waals surface area (Å²) in [5.41, 5.74) is 0. The van der Waals surface area contributed by atoms with Crippen molar-refractivity contribution >= 4 is 0 Å². The summed E-state index contributed by atoms with van der Waals surface area (Å²) in [6, 6.07) is 0. The molecule has 0 rings (SSSR count). The predicted molar refractivity (Wildman–Crippen MR) is 110 cm³/mol. The third-order valence-electron chi connectivity index (χ3n) is 4.98. The molecule has 0 saturated carbocycles. The number of aliphatic hydroxyl groups excluding tert-OH is 1. The lowest BCUT2D eigenvalue weighted by Gasteiger charge is -2.19. The van der Waals surface area contributed by atoms with Gasteiger partial charge in [0.15, 0.2) is 0 Å².